The maximum Gasteiger partial charge on any atom is 0.344 e. The highest BCUT2D eigenvalue weighted by Gasteiger charge is 2.17. The first kappa shape index (κ1) is 22.3. The molecule has 0 saturated heterocycles. The van der Waals surface area contributed by atoms with Gasteiger partial charge in [0, 0.05) is 10.9 Å². The molecule has 3 rings (SSSR count). The summed E-state index contributed by atoms with van der Waals surface area (Å²) in [6, 6.07) is 8.32. The van der Waals surface area contributed by atoms with Gasteiger partial charge in [0.2, 0.25) is 0 Å². The molecule has 0 aliphatic rings. The van der Waals surface area contributed by atoms with Gasteiger partial charge in [-0.2, -0.15) is 9.78 Å². The number of rotatable bonds is 6. The standard InChI is InChI=1S/C20H16BrCl2N3O4/c1-3-17-25-16-5-4-12(21)8-13(16)19(27)26(17)24-9-11-6-14(22)18(15(23)7-11)30-10(2)20(28)29/h4-10H,3H2,1-2H3,(H,28,29)/t10-/m1/s1. The number of carboxylic acids is 1. The summed E-state index contributed by atoms with van der Waals surface area (Å²) in [7, 11) is 0. The summed E-state index contributed by atoms with van der Waals surface area (Å²) in [4.78, 5) is 28.4. The zero-order valence-electron chi connectivity index (χ0n) is 15.9. The van der Waals surface area contributed by atoms with Crippen molar-refractivity contribution in [3.8, 4) is 5.75 Å². The van der Waals surface area contributed by atoms with Crippen molar-refractivity contribution >= 4 is 62.2 Å². The molecule has 7 nitrogen and oxygen atoms in total. The summed E-state index contributed by atoms with van der Waals surface area (Å²) in [5, 5.41) is 13.9. The van der Waals surface area contributed by atoms with Crippen molar-refractivity contribution in [2.75, 3.05) is 0 Å². The van der Waals surface area contributed by atoms with Crippen LogP contribution in [0.5, 0.6) is 5.75 Å². The lowest BCUT2D eigenvalue weighted by molar-refractivity contribution is -0.144. The van der Waals surface area contributed by atoms with Crippen LogP contribution in [0.2, 0.25) is 10.0 Å². The van der Waals surface area contributed by atoms with E-state index in [2.05, 4.69) is 26.0 Å². The topological polar surface area (TPSA) is 93.8 Å². The summed E-state index contributed by atoms with van der Waals surface area (Å²) in [6.45, 7) is 3.25. The van der Waals surface area contributed by atoms with Gasteiger partial charge in [-0.15, -0.1) is 0 Å². The van der Waals surface area contributed by atoms with Crippen LogP contribution in [-0.4, -0.2) is 33.1 Å². The summed E-state index contributed by atoms with van der Waals surface area (Å²) < 4.78 is 7.28. The van der Waals surface area contributed by atoms with Crippen LogP contribution in [0.1, 0.15) is 25.2 Å². The van der Waals surface area contributed by atoms with Crippen molar-refractivity contribution in [1.29, 1.82) is 0 Å². The molecule has 0 saturated carbocycles. The van der Waals surface area contributed by atoms with Gasteiger partial charge in [0.05, 0.1) is 27.2 Å². The van der Waals surface area contributed by atoms with E-state index in [1.807, 2.05) is 13.0 Å². The molecule has 0 amide bonds. The minimum atomic E-state index is -1.14. The number of hydrogen-bond donors (Lipinski definition) is 1. The Morgan fingerprint density at radius 3 is 2.60 bits per heavy atom. The number of aromatic nitrogens is 2. The molecule has 0 bridgehead atoms. The molecule has 0 unspecified atom stereocenters. The van der Waals surface area contributed by atoms with E-state index < -0.39 is 12.1 Å². The Hall–Kier alpha value is -2.42. The van der Waals surface area contributed by atoms with E-state index in [-0.39, 0.29) is 21.4 Å². The number of benzene rings is 2. The number of aryl methyl sites for hydroxylation is 1. The fraction of sp³-hybridized carbons (Fsp3) is 0.200. The van der Waals surface area contributed by atoms with Crippen LogP contribution in [0.25, 0.3) is 10.9 Å². The molecule has 1 atom stereocenters. The van der Waals surface area contributed by atoms with Gasteiger partial charge in [0.25, 0.3) is 5.56 Å². The van der Waals surface area contributed by atoms with E-state index in [0.29, 0.717) is 28.7 Å². The van der Waals surface area contributed by atoms with E-state index >= 15 is 0 Å². The highest BCUT2D eigenvalue weighted by Crippen LogP contribution is 2.34. The summed E-state index contributed by atoms with van der Waals surface area (Å²) >= 11 is 15.8. The average molecular weight is 513 g/mol. The molecule has 2 aromatic carbocycles. The Balaban J connectivity index is 2.01. The predicted octanol–water partition coefficient (Wildman–Crippen LogP) is 4.76. The second-order valence-corrected chi connectivity index (χ2v) is 8.05. The van der Waals surface area contributed by atoms with Crippen molar-refractivity contribution in [1.82, 2.24) is 9.66 Å². The van der Waals surface area contributed by atoms with Crippen LogP contribution in [-0.2, 0) is 11.2 Å². The number of nitrogens with zero attached hydrogens (tertiary/aromatic N) is 3. The Morgan fingerprint density at radius 2 is 2.00 bits per heavy atom. The molecule has 10 heteroatoms. The summed E-state index contributed by atoms with van der Waals surface area (Å²) in [5.74, 6) is -0.581. The lowest BCUT2D eigenvalue weighted by Gasteiger charge is -2.14. The monoisotopic (exact) mass is 511 g/mol. The van der Waals surface area contributed by atoms with Crippen LogP contribution in [0.3, 0.4) is 0 Å². The Labute approximate surface area is 190 Å². The van der Waals surface area contributed by atoms with E-state index in [4.69, 9.17) is 33.0 Å². The highest BCUT2D eigenvalue weighted by molar-refractivity contribution is 9.10. The van der Waals surface area contributed by atoms with Gasteiger partial charge < -0.3 is 9.84 Å². The SMILES string of the molecule is CCc1nc2ccc(Br)cc2c(=O)n1N=Cc1cc(Cl)c(O[C@H](C)C(=O)O)c(Cl)c1. The first-order valence-electron chi connectivity index (χ1n) is 8.85. The molecule has 1 aromatic heterocycles. The lowest BCUT2D eigenvalue weighted by atomic mass is 10.2. The van der Waals surface area contributed by atoms with Gasteiger partial charge in [-0.1, -0.05) is 46.1 Å². The Bertz CT molecular complexity index is 1200. The zero-order valence-corrected chi connectivity index (χ0v) is 19.0. The summed E-state index contributed by atoms with van der Waals surface area (Å²) in [6.07, 6.45) is 0.807. The smallest absolute Gasteiger partial charge is 0.344 e. The fourth-order valence-corrected chi connectivity index (χ4v) is 3.61. The second-order valence-electron chi connectivity index (χ2n) is 6.32. The van der Waals surface area contributed by atoms with Gasteiger partial charge in [-0.3, -0.25) is 4.79 Å². The third-order valence-corrected chi connectivity index (χ3v) is 5.23. The van der Waals surface area contributed by atoms with Gasteiger partial charge in [0.15, 0.2) is 11.9 Å². The first-order valence-corrected chi connectivity index (χ1v) is 10.4. The van der Waals surface area contributed by atoms with Crippen LogP contribution in [0.15, 0.2) is 44.7 Å². The number of halogens is 3. The molecule has 1 N–H and O–H groups in total. The van der Waals surface area contributed by atoms with Crippen molar-refractivity contribution in [3.05, 3.63) is 66.6 Å². The maximum atomic E-state index is 12.9. The molecule has 0 aliphatic carbocycles. The predicted molar refractivity (Wildman–Crippen MR) is 120 cm³/mol. The lowest BCUT2D eigenvalue weighted by Crippen LogP contribution is -2.23. The van der Waals surface area contributed by atoms with Gasteiger partial charge in [-0.05, 0) is 42.8 Å². The zero-order chi connectivity index (χ0) is 22.0. The van der Waals surface area contributed by atoms with Gasteiger partial charge in [-0.25, -0.2) is 9.78 Å². The quantitative estimate of drug-likeness (QED) is 0.480. The molecule has 0 aliphatic heterocycles. The fourth-order valence-electron chi connectivity index (χ4n) is 2.66. The molecule has 30 heavy (non-hydrogen) atoms. The molecule has 156 valence electrons. The van der Waals surface area contributed by atoms with E-state index in [9.17, 15) is 9.59 Å². The average Bonchev–Trinajstić information content (AvgIpc) is 2.70. The Morgan fingerprint density at radius 1 is 1.33 bits per heavy atom. The molecule has 1 heterocycles. The molecule has 0 fully saturated rings. The van der Waals surface area contributed by atoms with Crippen LogP contribution in [0.4, 0.5) is 0 Å². The number of hydrogen-bond acceptors (Lipinski definition) is 5. The van der Waals surface area contributed by atoms with E-state index in [1.165, 1.54) is 29.9 Å². The van der Waals surface area contributed by atoms with Crippen LogP contribution < -0.4 is 10.3 Å². The number of carboxylic acid groups (broad SMARTS) is 1. The normalized spacial score (nSPS) is 12.4. The third-order valence-electron chi connectivity index (χ3n) is 4.18. The number of ether oxygens (including phenoxy) is 1. The number of fused-ring (bicyclic) bond motifs is 1. The maximum absolute atomic E-state index is 12.9. The van der Waals surface area contributed by atoms with E-state index in [0.717, 1.165) is 4.47 Å². The minimum Gasteiger partial charge on any atom is -0.479 e. The largest absolute Gasteiger partial charge is 0.479 e. The molecular formula is C20H16BrCl2N3O4. The molecule has 3 aromatic rings. The molecule has 0 spiro atoms. The second kappa shape index (κ2) is 9.16. The number of aliphatic carboxylic acids is 1. The third kappa shape index (κ3) is 4.66. The van der Waals surface area contributed by atoms with Crippen molar-refractivity contribution < 1.29 is 14.6 Å². The molecular weight excluding hydrogens is 497 g/mol. The van der Waals surface area contributed by atoms with E-state index in [1.54, 1.807) is 12.1 Å². The van der Waals surface area contributed by atoms with Crippen molar-refractivity contribution in [2.45, 2.75) is 26.4 Å². The summed E-state index contributed by atoms with van der Waals surface area (Å²) in [5.41, 5.74) is 0.789. The molecule has 0 radical (unpaired) electrons. The van der Waals surface area contributed by atoms with Crippen LogP contribution >= 0.6 is 39.1 Å². The first-order chi connectivity index (χ1) is 14.2. The van der Waals surface area contributed by atoms with Crippen LogP contribution in [0, 0.1) is 0 Å². The number of carbonyl (C=O) groups is 1. The van der Waals surface area contributed by atoms with Gasteiger partial charge in [0.1, 0.15) is 5.82 Å². The van der Waals surface area contributed by atoms with Gasteiger partial charge >= 0.3 is 5.97 Å². The highest BCUT2D eigenvalue weighted by atomic mass is 79.9. The van der Waals surface area contributed by atoms with Crippen molar-refractivity contribution in [3.63, 3.8) is 0 Å². The minimum absolute atomic E-state index is 0.0639. The van der Waals surface area contributed by atoms with Crippen molar-refractivity contribution in [2.24, 2.45) is 5.10 Å². The Kier molecular flexibility index (Phi) is 6.80.